The molecule has 1 aliphatic heterocycles. The zero-order valence-corrected chi connectivity index (χ0v) is 14.2. The van der Waals surface area contributed by atoms with E-state index in [1.54, 1.807) is 0 Å². The Hall–Kier alpha value is -0.730. The molecule has 0 aliphatic carbocycles. The van der Waals surface area contributed by atoms with Crippen LogP contribution in [0, 0.1) is 5.92 Å². The second-order valence-corrected chi connectivity index (χ2v) is 7.35. The van der Waals surface area contributed by atoms with Crippen molar-refractivity contribution >= 4 is 6.09 Å². The van der Waals surface area contributed by atoms with Crippen molar-refractivity contribution in [1.82, 2.24) is 4.90 Å². The summed E-state index contributed by atoms with van der Waals surface area (Å²) in [5.41, 5.74) is -0.409. The number of hydrogen-bond donors (Lipinski definition) is 0. The van der Waals surface area contributed by atoms with Crippen LogP contribution in [-0.4, -0.2) is 28.7 Å². The third-order valence-corrected chi connectivity index (χ3v) is 3.98. The molecule has 0 radical (unpaired) electrons. The number of ether oxygens (including phenoxy) is 1. The summed E-state index contributed by atoms with van der Waals surface area (Å²) in [5, 5.41) is 0. The maximum atomic E-state index is 12.6. The topological polar surface area (TPSA) is 29.5 Å². The van der Waals surface area contributed by atoms with E-state index in [1.807, 2.05) is 20.8 Å². The molecule has 3 nitrogen and oxygen atoms in total. The Morgan fingerprint density at radius 2 is 1.55 bits per heavy atom. The van der Waals surface area contributed by atoms with Gasteiger partial charge in [0.1, 0.15) is 5.60 Å². The van der Waals surface area contributed by atoms with E-state index in [-0.39, 0.29) is 6.09 Å². The van der Waals surface area contributed by atoms with Crippen LogP contribution in [0.2, 0.25) is 0 Å². The van der Waals surface area contributed by atoms with Crippen molar-refractivity contribution in [2.24, 2.45) is 5.92 Å². The lowest BCUT2D eigenvalue weighted by molar-refractivity contribution is -0.0152. The lowest BCUT2D eigenvalue weighted by Crippen LogP contribution is -2.53. The fourth-order valence-electron chi connectivity index (χ4n) is 3.34. The van der Waals surface area contributed by atoms with Gasteiger partial charge in [-0.05, 0) is 52.4 Å². The van der Waals surface area contributed by atoms with Crippen LogP contribution < -0.4 is 0 Å². The molecule has 0 aromatic heterocycles. The van der Waals surface area contributed by atoms with Crippen molar-refractivity contribution in [1.29, 1.82) is 0 Å². The molecular formula is C17H33NO2. The number of hydrogen-bond acceptors (Lipinski definition) is 2. The van der Waals surface area contributed by atoms with Crippen molar-refractivity contribution in [3.63, 3.8) is 0 Å². The summed E-state index contributed by atoms with van der Waals surface area (Å²) >= 11 is 0. The Bertz CT molecular complexity index is 293. The molecule has 0 aromatic rings. The van der Waals surface area contributed by atoms with Gasteiger partial charge in [0.2, 0.25) is 0 Å². The molecule has 20 heavy (non-hydrogen) atoms. The number of amides is 1. The first kappa shape index (κ1) is 17.3. The van der Waals surface area contributed by atoms with Gasteiger partial charge < -0.3 is 9.64 Å². The van der Waals surface area contributed by atoms with E-state index in [1.165, 1.54) is 0 Å². The highest BCUT2D eigenvalue weighted by Crippen LogP contribution is 2.33. The number of nitrogens with zero attached hydrogens (tertiary/aromatic N) is 1. The van der Waals surface area contributed by atoms with Crippen molar-refractivity contribution < 1.29 is 9.53 Å². The predicted molar refractivity (Wildman–Crippen MR) is 83.9 cm³/mol. The Balaban J connectivity index is 2.88. The fourth-order valence-corrected chi connectivity index (χ4v) is 3.34. The van der Waals surface area contributed by atoms with Gasteiger partial charge in [0, 0.05) is 12.1 Å². The molecule has 1 saturated heterocycles. The Morgan fingerprint density at radius 1 is 1.10 bits per heavy atom. The normalized spacial score (nSPS) is 27.5. The summed E-state index contributed by atoms with van der Waals surface area (Å²) in [6.45, 7) is 12.5. The van der Waals surface area contributed by atoms with Gasteiger partial charge in [0.15, 0.2) is 0 Å². The third kappa shape index (κ3) is 4.99. The van der Waals surface area contributed by atoms with E-state index < -0.39 is 5.60 Å². The summed E-state index contributed by atoms with van der Waals surface area (Å²) in [6, 6.07) is 0.713. The summed E-state index contributed by atoms with van der Waals surface area (Å²) in [7, 11) is 0. The van der Waals surface area contributed by atoms with Gasteiger partial charge in [0.25, 0.3) is 0 Å². The molecule has 0 saturated carbocycles. The predicted octanol–water partition coefficient (Wildman–Crippen LogP) is 4.99. The molecule has 1 heterocycles. The van der Waals surface area contributed by atoms with E-state index >= 15 is 0 Å². The highest BCUT2D eigenvalue weighted by Gasteiger charge is 2.38. The first-order valence-electron chi connectivity index (χ1n) is 8.29. The van der Waals surface area contributed by atoms with Crippen molar-refractivity contribution in [2.75, 3.05) is 0 Å². The molecule has 0 bridgehead atoms. The zero-order valence-electron chi connectivity index (χ0n) is 14.2. The standard InChI is InChI=1S/C17H33NO2/c1-7-9-14-11-13(3)12-15(10-8-2)18(14)16(19)20-17(4,5)6/h13-15H,7-12H2,1-6H3/t13?,14-,15+. The van der Waals surface area contributed by atoms with Gasteiger partial charge in [-0.2, -0.15) is 0 Å². The zero-order chi connectivity index (χ0) is 15.3. The van der Waals surface area contributed by atoms with Gasteiger partial charge in [-0.3, -0.25) is 0 Å². The monoisotopic (exact) mass is 283 g/mol. The molecule has 3 atom stereocenters. The van der Waals surface area contributed by atoms with Crippen LogP contribution in [-0.2, 0) is 4.74 Å². The Kier molecular flexibility index (Phi) is 6.35. The van der Waals surface area contributed by atoms with E-state index in [0.29, 0.717) is 18.0 Å². The number of carbonyl (C=O) groups excluding carboxylic acids is 1. The van der Waals surface area contributed by atoms with Gasteiger partial charge >= 0.3 is 6.09 Å². The molecule has 1 fully saturated rings. The highest BCUT2D eigenvalue weighted by molar-refractivity contribution is 5.69. The lowest BCUT2D eigenvalue weighted by Gasteiger charge is -2.45. The minimum Gasteiger partial charge on any atom is -0.444 e. The third-order valence-electron chi connectivity index (χ3n) is 3.98. The Labute approximate surface area is 125 Å². The van der Waals surface area contributed by atoms with Crippen molar-refractivity contribution in [2.45, 2.75) is 97.8 Å². The molecule has 0 spiro atoms. The van der Waals surface area contributed by atoms with Crippen LogP contribution in [0.1, 0.15) is 80.1 Å². The van der Waals surface area contributed by atoms with E-state index in [0.717, 1.165) is 38.5 Å². The second-order valence-electron chi connectivity index (χ2n) is 7.35. The van der Waals surface area contributed by atoms with Crippen molar-refractivity contribution in [3.8, 4) is 0 Å². The van der Waals surface area contributed by atoms with Crippen LogP contribution >= 0.6 is 0 Å². The molecular weight excluding hydrogens is 250 g/mol. The average Bonchev–Trinajstić information content (AvgIpc) is 2.26. The van der Waals surface area contributed by atoms with Crippen LogP contribution in [0.3, 0.4) is 0 Å². The van der Waals surface area contributed by atoms with Crippen LogP contribution in [0.25, 0.3) is 0 Å². The van der Waals surface area contributed by atoms with Crippen LogP contribution in [0.15, 0.2) is 0 Å². The molecule has 3 heteroatoms. The first-order valence-corrected chi connectivity index (χ1v) is 8.29. The fraction of sp³-hybridized carbons (Fsp3) is 0.941. The number of piperidine rings is 1. The van der Waals surface area contributed by atoms with Gasteiger partial charge in [-0.15, -0.1) is 0 Å². The molecule has 0 N–H and O–H groups in total. The van der Waals surface area contributed by atoms with E-state index in [9.17, 15) is 4.79 Å². The smallest absolute Gasteiger partial charge is 0.410 e. The highest BCUT2D eigenvalue weighted by atomic mass is 16.6. The van der Waals surface area contributed by atoms with E-state index in [4.69, 9.17) is 4.74 Å². The summed E-state index contributed by atoms with van der Waals surface area (Å²) < 4.78 is 5.65. The minimum absolute atomic E-state index is 0.110. The summed E-state index contributed by atoms with van der Waals surface area (Å²) in [5.74, 6) is 0.710. The average molecular weight is 283 g/mol. The number of rotatable bonds is 4. The molecule has 0 aromatic carbocycles. The minimum atomic E-state index is -0.409. The summed E-state index contributed by atoms with van der Waals surface area (Å²) in [4.78, 5) is 14.7. The molecule has 1 rings (SSSR count). The number of carbonyl (C=O) groups is 1. The van der Waals surface area contributed by atoms with Gasteiger partial charge in [-0.25, -0.2) is 4.79 Å². The maximum Gasteiger partial charge on any atom is 0.410 e. The Morgan fingerprint density at radius 3 is 1.90 bits per heavy atom. The van der Waals surface area contributed by atoms with Crippen LogP contribution in [0.5, 0.6) is 0 Å². The maximum absolute atomic E-state index is 12.6. The van der Waals surface area contributed by atoms with E-state index in [2.05, 4.69) is 25.7 Å². The number of likely N-dealkylation sites (tertiary alicyclic amines) is 1. The first-order chi connectivity index (χ1) is 9.28. The second kappa shape index (κ2) is 7.33. The molecule has 118 valence electrons. The lowest BCUT2D eigenvalue weighted by atomic mass is 9.84. The molecule has 1 aliphatic rings. The molecule has 1 unspecified atom stereocenters. The quantitative estimate of drug-likeness (QED) is 0.727. The van der Waals surface area contributed by atoms with Crippen molar-refractivity contribution in [3.05, 3.63) is 0 Å². The molecule has 1 amide bonds. The van der Waals surface area contributed by atoms with Gasteiger partial charge in [0.05, 0.1) is 0 Å². The summed E-state index contributed by atoms with van der Waals surface area (Å²) in [6.07, 6.45) is 6.54. The van der Waals surface area contributed by atoms with Gasteiger partial charge in [-0.1, -0.05) is 33.6 Å². The SMILES string of the molecule is CCC[C@@H]1CC(C)C[C@H](CCC)N1C(=O)OC(C)(C)C. The van der Waals surface area contributed by atoms with Crippen LogP contribution in [0.4, 0.5) is 4.79 Å². The largest absolute Gasteiger partial charge is 0.444 e.